The van der Waals surface area contributed by atoms with E-state index < -0.39 is 11.9 Å². The summed E-state index contributed by atoms with van der Waals surface area (Å²) in [5.41, 5.74) is 5.31. The van der Waals surface area contributed by atoms with E-state index in [1.165, 1.54) is 25.1 Å². The first-order valence-electron chi connectivity index (χ1n) is 4.89. The first-order valence-corrected chi connectivity index (χ1v) is 4.89. The van der Waals surface area contributed by atoms with Gasteiger partial charge in [0.15, 0.2) is 11.5 Å². The number of esters is 1. The van der Waals surface area contributed by atoms with Gasteiger partial charge in [0.1, 0.15) is 13.2 Å². The maximum Gasteiger partial charge on any atom is 0.302 e. The fourth-order valence-electron chi connectivity index (χ4n) is 1.12. The summed E-state index contributed by atoms with van der Waals surface area (Å²) in [6, 6.07) is 4.02. The molecular weight excluding hydrogens is 226 g/mol. The molecule has 1 aromatic rings. The molecule has 6 heteroatoms. The lowest BCUT2D eigenvalue weighted by Gasteiger charge is -2.08. The van der Waals surface area contributed by atoms with Gasteiger partial charge in [-0.25, -0.2) is 0 Å². The molecule has 0 saturated heterocycles. The van der Waals surface area contributed by atoms with Gasteiger partial charge in [-0.3, -0.25) is 9.59 Å². The molecule has 1 aromatic carbocycles. The number of carbonyl (C=O) groups is 2. The molecule has 0 radical (unpaired) electrons. The van der Waals surface area contributed by atoms with Crippen LogP contribution in [0.5, 0.6) is 11.5 Å². The van der Waals surface area contributed by atoms with Gasteiger partial charge in [-0.1, -0.05) is 0 Å². The number of benzene rings is 1. The SMILES string of the molecule is CC(=O)OCCOc1cc(C(N)=O)ccc1O. The highest BCUT2D eigenvalue weighted by atomic mass is 16.6. The summed E-state index contributed by atoms with van der Waals surface area (Å²) in [5, 5.41) is 9.44. The summed E-state index contributed by atoms with van der Waals surface area (Å²) >= 11 is 0. The van der Waals surface area contributed by atoms with Crippen LogP contribution in [0.2, 0.25) is 0 Å². The van der Waals surface area contributed by atoms with Crippen LogP contribution in [0.15, 0.2) is 18.2 Å². The van der Waals surface area contributed by atoms with Gasteiger partial charge in [0, 0.05) is 12.5 Å². The lowest BCUT2D eigenvalue weighted by atomic mass is 10.2. The molecule has 0 spiro atoms. The molecular formula is C11H13NO5. The van der Waals surface area contributed by atoms with Crippen molar-refractivity contribution in [2.75, 3.05) is 13.2 Å². The Balaban J connectivity index is 2.60. The summed E-state index contributed by atoms with van der Waals surface area (Å²) in [6.07, 6.45) is 0. The highest BCUT2D eigenvalue weighted by Gasteiger charge is 2.07. The van der Waals surface area contributed by atoms with Gasteiger partial charge in [-0.15, -0.1) is 0 Å². The van der Waals surface area contributed by atoms with Crippen molar-refractivity contribution in [3.8, 4) is 11.5 Å². The second kappa shape index (κ2) is 5.74. The minimum Gasteiger partial charge on any atom is -0.504 e. The van der Waals surface area contributed by atoms with Crippen molar-refractivity contribution in [1.82, 2.24) is 0 Å². The van der Waals surface area contributed by atoms with Gasteiger partial charge < -0.3 is 20.3 Å². The van der Waals surface area contributed by atoms with Crippen molar-refractivity contribution in [2.24, 2.45) is 5.73 Å². The van der Waals surface area contributed by atoms with Crippen molar-refractivity contribution in [2.45, 2.75) is 6.92 Å². The Morgan fingerprint density at radius 2 is 2.06 bits per heavy atom. The van der Waals surface area contributed by atoms with E-state index in [2.05, 4.69) is 4.74 Å². The molecule has 0 atom stereocenters. The molecule has 92 valence electrons. The second-order valence-corrected chi connectivity index (χ2v) is 3.24. The van der Waals surface area contributed by atoms with E-state index in [4.69, 9.17) is 10.5 Å². The maximum atomic E-state index is 10.9. The molecule has 17 heavy (non-hydrogen) atoms. The molecule has 0 bridgehead atoms. The van der Waals surface area contributed by atoms with Gasteiger partial charge in [0.25, 0.3) is 0 Å². The molecule has 1 rings (SSSR count). The Bertz CT molecular complexity index is 430. The van der Waals surface area contributed by atoms with E-state index in [-0.39, 0.29) is 30.3 Å². The van der Waals surface area contributed by atoms with Gasteiger partial charge >= 0.3 is 5.97 Å². The molecule has 3 N–H and O–H groups in total. The van der Waals surface area contributed by atoms with Crippen LogP contribution in [0, 0.1) is 0 Å². The summed E-state index contributed by atoms with van der Waals surface area (Å²) < 4.78 is 9.79. The number of hydrogen-bond donors (Lipinski definition) is 2. The van der Waals surface area contributed by atoms with Crippen LogP contribution in [0.4, 0.5) is 0 Å². The number of nitrogens with two attached hydrogens (primary N) is 1. The number of primary amides is 1. The third-order valence-electron chi connectivity index (χ3n) is 1.89. The average molecular weight is 239 g/mol. The van der Waals surface area contributed by atoms with Gasteiger partial charge in [-0.05, 0) is 18.2 Å². The molecule has 6 nitrogen and oxygen atoms in total. The number of amides is 1. The number of phenols is 1. The van der Waals surface area contributed by atoms with E-state index in [0.717, 1.165) is 0 Å². The normalized spacial score (nSPS) is 9.71. The van der Waals surface area contributed by atoms with Crippen LogP contribution in [0.3, 0.4) is 0 Å². The number of hydrogen-bond acceptors (Lipinski definition) is 5. The van der Waals surface area contributed by atoms with Crippen LogP contribution in [-0.2, 0) is 9.53 Å². The topological polar surface area (TPSA) is 98.9 Å². The van der Waals surface area contributed by atoms with E-state index >= 15 is 0 Å². The Morgan fingerprint density at radius 3 is 2.65 bits per heavy atom. The second-order valence-electron chi connectivity index (χ2n) is 3.24. The van der Waals surface area contributed by atoms with Crippen LogP contribution in [0.25, 0.3) is 0 Å². The van der Waals surface area contributed by atoms with Crippen molar-refractivity contribution in [3.63, 3.8) is 0 Å². The van der Waals surface area contributed by atoms with Crippen LogP contribution in [-0.4, -0.2) is 30.2 Å². The third kappa shape index (κ3) is 4.02. The molecule has 0 fully saturated rings. The Hall–Kier alpha value is -2.24. The molecule has 0 aliphatic rings. The highest BCUT2D eigenvalue weighted by Crippen LogP contribution is 2.26. The molecule has 0 heterocycles. The van der Waals surface area contributed by atoms with Crippen molar-refractivity contribution < 1.29 is 24.2 Å². The number of rotatable bonds is 5. The van der Waals surface area contributed by atoms with E-state index in [0.29, 0.717) is 0 Å². The Labute approximate surface area is 97.9 Å². The lowest BCUT2D eigenvalue weighted by Crippen LogP contribution is -2.12. The van der Waals surface area contributed by atoms with E-state index in [9.17, 15) is 14.7 Å². The number of aromatic hydroxyl groups is 1. The van der Waals surface area contributed by atoms with Crippen molar-refractivity contribution in [1.29, 1.82) is 0 Å². The number of carbonyl (C=O) groups excluding carboxylic acids is 2. The molecule has 0 unspecified atom stereocenters. The predicted molar refractivity (Wildman–Crippen MR) is 58.8 cm³/mol. The molecule has 0 aliphatic heterocycles. The Morgan fingerprint density at radius 1 is 1.35 bits per heavy atom. The van der Waals surface area contributed by atoms with Crippen molar-refractivity contribution >= 4 is 11.9 Å². The zero-order chi connectivity index (χ0) is 12.8. The predicted octanol–water partition coefficient (Wildman–Crippen LogP) is 0.433. The van der Waals surface area contributed by atoms with Crippen LogP contribution in [0.1, 0.15) is 17.3 Å². The summed E-state index contributed by atoms with van der Waals surface area (Å²) in [5.74, 6) is -1.02. The lowest BCUT2D eigenvalue weighted by molar-refractivity contribution is -0.141. The number of ether oxygens (including phenoxy) is 2. The first-order chi connectivity index (χ1) is 8.00. The Kier molecular flexibility index (Phi) is 4.33. The van der Waals surface area contributed by atoms with Gasteiger partial charge in [0.2, 0.25) is 5.91 Å². The molecule has 0 saturated carbocycles. The average Bonchev–Trinajstić information content (AvgIpc) is 2.25. The van der Waals surface area contributed by atoms with Crippen LogP contribution >= 0.6 is 0 Å². The van der Waals surface area contributed by atoms with Crippen LogP contribution < -0.4 is 10.5 Å². The summed E-state index contributed by atoms with van der Waals surface area (Å²) in [7, 11) is 0. The van der Waals surface area contributed by atoms with E-state index in [1.54, 1.807) is 0 Å². The number of phenolic OH excluding ortho intramolecular Hbond substituents is 1. The zero-order valence-corrected chi connectivity index (χ0v) is 9.30. The molecule has 0 aromatic heterocycles. The first kappa shape index (κ1) is 12.8. The van der Waals surface area contributed by atoms with Gasteiger partial charge in [-0.2, -0.15) is 0 Å². The fourth-order valence-corrected chi connectivity index (χ4v) is 1.12. The van der Waals surface area contributed by atoms with Crippen molar-refractivity contribution in [3.05, 3.63) is 23.8 Å². The smallest absolute Gasteiger partial charge is 0.302 e. The van der Waals surface area contributed by atoms with Gasteiger partial charge in [0.05, 0.1) is 0 Å². The maximum absolute atomic E-state index is 10.9. The standard InChI is InChI=1S/C11H13NO5/c1-7(13)16-4-5-17-10-6-8(11(12)15)2-3-9(10)14/h2-3,6,14H,4-5H2,1H3,(H2,12,15). The summed E-state index contributed by atoms with van der Waals surface area (Å²) in [6.45, 7) is 1.43. The quantitative estimate of drug-likeness (QED) is 0.573. The molecule has 0 aliphatic carbocycles. The zero-order valence-electron chi connectivity index (χ0n) is 9.30. The monoisotopic (exact) mass is 239 g/mol. The minimum atomic E-state index is -0.616. The summed E-state index contributed by atoms with van der Waals surface area (Å²) in [4.78, 5) is 21.4. The van der Waals surface area contributed by atoms with E-state index in [1.807, 2.05) is 0 Å². The fraction of sp³-hybridized carbons (Fsp3) is 0.273. The molecule has 1 amide bonds. The highest BCUT2D eigenvalue weighted by molar-refractivity contribution is 5.93. The largest absolute Gasteiger partial charge is 0.504 e. The third-order valence-corrected chi connectivity index (χ3v) is 1.89. The minimum absolute atomic E-state index is 0.0651.